The second kappa shape index (κ2) is 9.32. The van der Waals surface area contributed by atoms with E-state index in [1.165, 1.54) is 5.56 Å². The number of fused-ring (bicyclic) bond motifs is 1. The van der Waals surface area contributed by atoms with E-state index in [0.717, 1.165) is 70.8 Å². The maximum absolute atomic E-state index is 5.51. The Hall–Kier alpha value is -2.21. The van der Waals surface area contributed by atoms with Gasteiger partial charge in [0.15, 0.2) is 23.0 Å². The Morgan fingerprint density at radius 1 is 0.821 bits per heavy atom. The molecule has 1 aliphatic rings. The second-order valence-corrected chi connectivity index (χ2v) is 7.45. The molecule has 2 aromatic rings. The molecule has 0 bridgehead atoms. The molecule has 0 amide bonds. The Bertz CT molecular complexity index is 879. The van der Waals surface area contributed by atoms with E-state index < -0.39 is 0 Å². The van der Waals surface area contributed by atoms with Gasteiger partial charge in [0.1, 0.15) is 0 Å². The van der Waals surface area contributed by atoms with Crippen molar-refractivity contribution in [3.63, 3.8) is 0 Å². The van der Waals surface area contributed by atoms with Crippen molar-refractivity contribution >= 4 is 21.6 Å². The number of methoxy groups -OCH3 is 4. The van der Waals surface area contributed by atoms with Gasteiger partial charge in [0.25, 0.3) is 0 Å². The van der Waals surface area contributed by atoms with Crippen LogP contribution < -0.4 is 18.9 Å². The van der Waals surface area contributed by atoms with E-state index in [-0.39, 0.29) is 0 Å². The van der Waals surface area contributed by atoms with Crippen LogP contribution >= 0.6 is 15.9 Å². The summed E-state index contributed by atoms with van der Waals surface area (Å²) >= 11 is 3.65. The lowest BCUT2D eigenvalue weighted by Gasteiger charge is -2.16. The number of aryl methyl sites for hydroxylation is 2. The van der Waals surface area contributed by atoms with E-state index in [9.17, 15) is 0 Å². The molecule has 5 nitrogen and oxygen atoms in total. The molecule has 0 N–H and O–H groups in total. The van der Waals surface area contributed by atoms with Crippen molar-refractivity contribution in [1.82, 2.24) is 0 Å². The molecule has 0 saturated heterocycles. The van der Waals surface area contributed by atoms with E-state index in [0.29, 0.717) is 5.75 Å². The molecule has 1 aliphatic heterocycles. The minimum atomic E-state index is 0.715. The molecular weight excluding hydrogens is 422 g/mol. The first-order valence-electron chi connectivity index (χ1n) is 9.30. The van der Waals surface area contributed by atoms with Crippen molar-refractivity contribution in [2.24, 2.45) is 4.99 Å². The highest BCUT2D eigenvalue weighted by atomic mass is 79.9. The van der Waals surface area contributed by atoms with Crippen LogP contribution in [-0.4, -0.2) is 40.7 Å². The van der Waals surface area contributed by atoms with E-state index in [1.807, 2.05) is 12.1 Å². The van der Waals surface area contributed by atoms with Crippen LogP contribution in [0.25, 0.3) is 0 Å². The number of benzene rings is 2. The fraction of sp³-hybridized carbons (Fsp3) is 0.409. The topological polar surface area (TPSA) is 49.3 Å². The zero-order chi connectivity index (χ0) is 20.1. The molecule has 2 aromatic carbocycles. The first kappa shape index (κ1) is 20.5. The largest absolute Gasteiger partial charge is 0.493 e. The standard InChI is InChI=1S/C22H26BrNO4/c1-25-19-10-14-6-5-9-24-18(16(14)12-21(19)27-3)8-7-15-11-20(26-2)22(28-4)13-17(15)23/h10-13H,5-9H2,1-4H3. The van der Waals surface area contributed by atoms with Gasteiger partial charge in [0.2, 0.25) is 0 Å². The summed E-state index contributed by atoms with van der Waals surface area (Å²) in [5.41, 5.74) is 4.69. The third-order valence-electron chi connectivity index (χ3n) is 5.01. The van der Waals surface area contributed by atoms with E-state index in [4.69, 9.17) is 23.9 Å². The summed E-state index contributed by atoms with van der Waals surface area (Å²) < 4.78 is 22.8. The van der Waals surface area contributed by atoms with Gasteiger partial charge in [-0.05, 0) is 61.1 Å². The van der Waals surface area contributed by atoms with Crippen LogP contribution in [0.1, 0.15) is 29.5 Å². The van der Waals surface area contributed by atoms with Gasteiger partial charge in [-0.2, -0.15) is 0 Å². The molecule has 1 heterocycles. The lowest BCUT2D eigenvalue weighted by atomic mass is 9.95. The highest BCUT2D eigenvalue weighted by molar-refractivity contribution is 9.10. The average Bonchev–Trinajstić information content (AvgIpc) is 2.92. The third-order valence-corrected chi connectivity index (χ3v) is 5.75. The Morgan fingerprint density at radius 2 is 1.43 bits per heavy atom. The molecule has 0 unspecified atom stereocenters. The van der Waals surface area contributed by atoms with E-state index in [1.54, 1.807) is 28.4 Å². The van der Waals surface area contributed by atoms with Crippen LogP contribution in [0, 0.1) is 0 Å². The summed E-state index contributed by atoms with van der Waals surface area (Å²) in [6.45, 7) is 0.835. The van der Waals surface area contributed by atoms with Gasteiger partial charge >= 0.3 is 0 Å². The molecule has 3 rings (SSSR count). The normalized spacial score (nSPS) is 13.2. The molecule has 0 fully saturated rings. The number of halogens is 1. The molecular formula is C22H26BrNO4. The maximum atomic E-state index is 5.51. The smallest absolute Gasteiger partial charge is 0.161 e. The van der Waals surface area contributed by atoms with Gasteiger partial charge in [0, 0.05) is 22.3 Å². The minimum absolute atomic E-state index is 0.715. The Morgan fingerprint density at radius 3 is 2.11 bits per heavy atom. The van der Waals surface area contributed by atoms with Crippen molar-refractivity contribution in [1.29, 1.82) is 0 Å². The SMILES string of the molecule is COc1cc(Br)c(CCC2=NCCCc3cc(OC)c(OC)cc32)cc1OC. The maximum Gasteiger partial charge on any atom is 0.161 e. The van der Waals surface area contributed by atoms with Gasteiger partial charge in [0.05, 0.1) is 28.4 Å². The molecule has 6 heteroatoms. The average molecular weight is 448 g/mol. The van der Waals surface area contributed by atoms with Crippen molar-refractivity contribution in [2.45, 2.75) is 25.7 Å². The van der Waals surface area contributed by atoms with Gasteiger partial charge in [-0.1, -0.05) is 15.9 Å². The fourth-order valence-corrected chi connectivity index (χ4v) is 4.04. The molecule has 0 aromatic heterocycles. The molecule has 0 spiro atoms. The first-order valence-corrected chi connectivity index (χ1v) is 10.1. The van der Waals surface area contributed by atoms with Crippen LogP contribution in [0.2, 0.25) is 0 Å². The van der Waals surface area contributed by atoms with Crippen LogP contribution in [0.4, 0.5) is 0 Å². The van der Waals surface area contributed by atoms with Crippen LogP contribution in [-0.2, 0) is 12.8 Å². The molecule has 28 heavy (non-hydrogen) atoms. The Labute approximate surface area is 174 Å². The van der Waals surface area contributed by atoms with Crippen LogP contribution in [0.15, 0.2) is 33.7 Å². The number of hydrogen-bond donors (Lipinski definition) is 0. The number of aliphatic imine (C=N–C) groups is 1. The Kier molecular flexibility index (Phi) is 6.83. The van der Waals surface area contributed by atoms with E-state index in [2.05, 4.69) is 28.1 Å². The zero-order valence-electron chi connectivity index (χ0n) is 16.8. The monoisotopic (exact) mass is 447 g/mol. The summed E-state index contributed by atoms with van der Waals surface area (Å²) in [6.07, 6.45) is 3.69. The quantitative estimate of drug-likeness (QED) is 0.608. The fourth-order valence-electron chi connectivity index (χ4n) is 3.52. The van der Waals surface area contributed by atoms with Gasteiger partial charge in [-0.15, -0.1) is 0 Å². The highest BCUT2D eigenvalue weighted by Gasteiger charge is 2.18. The lowest BCUT2D eigenvalue weighted by Crippen LogP contribution is -2.07. The number of hydrogen-bond acceptors (Lipinski definition) is 5. The summed E-state index contributed by atoms with van der Waals surface area (Å²) in [7, 11) is 6.63. The Balaban J connectivity index is 1.89. The lowest BCUT2D eigenvalue weighted by molar-refractivity contribution is 0.354. The second-order valence-electron chi connectivity index (χ2n) is 6.59. The predicted octanol–water partition coefficient (Wildman–Crippen LogP) is 4.85. The first-order chi connectivity index (χ1) is 13.6. The highest BCUT2D eigenvalue weighted by Crippen LogP contribution is 2.35. The van der Waals surface area contributed by atoms with Crippen molar-refractivity contribution < 1.29 is 18.9 Å². The number of nitrogens with zero attached hydrogens (tertiary/aromatic N) is 1. The molecule has 0 saturated carbocycles. The van der Waals surface area contributed by atoms with Crippen LogP contribution in [0.3, 0.4) is 0 Å². The molecule has 0 radical (unpaired) electrons. The van der Waals surface area contributed by atoms with Gasteiger partial charge in [-0.25, -0.2) is 0 Å². The number of ether oxygens (including phenoxy) is 4. The zero-order valence-corrected chi connectivity index (χ0v) is 18.4. The van der Waals surface area contributed by atoms with Crippen LogP contribution in [0.5, 0.6) is 23.0 Å². The summed E-state index contributed by atoms with van der Waals surface area (Å²) in [6, 6.07) is 8.11. The summed E-state index contributed by atoms with van der Waals surface area (Å²) in [4.78, 5) is 4.87. The summed E-state index contributed by atoms with van der Waals surface area (Å²) in [5.74, 6) is 2.95. The minimum Gasteiger partial charge on any atom is -0.493 e. The van der Waals surface area contributed by atoms with Gasteiger partial charge < -0.3 is 18.9 Å². The van der Waals surface area contributed by atoms with Crippen molar-refractivity contribution in [2.75, 3.05) is 35.0 Å². The predicted molar refractivity (Wildman–Crippen MR) is 115 cm³/mol. The van der Waals surface area contributed by atoms with Gasteiger partial charge in [-0.3, -0.25) is 4.99 Å². The molecule has 0 aliphatic carbocycles. The number of rotatable bonds is 7. The third kappa shape index (κ3) is 4.27. The molecule has 150 valence electrons. The van der Waals surface area contributed by atoms with E-state index >= 15 is 0 Å². The summed E-state index contributed by atoms with van der Waals surface area (Å²) in [5, 5.41) is 0. The van der Waals surface area contributed by atoms with Crippen molar-refractivity contribution in [3.8, 4) is 23.0 Å². The molecule has 0 atom stereocenters. The van der Waals surface area contributed by atoms with Crippen molar-refractivity contribution in [3.05, 3.63) is 45.4 Å².